The van der Waals surface area contributed by atoms with E-state index in [1.165, 1.54) is 10.6 Å². The van der Waals surface area contributed by atoms with Gasteiger partial charge in [0, 0.05) is 17.8 Å². The van der Waals surface area contributed by atoms with Gasteiger partial charge in [0.2, 0.25) is 5.13 Å². The van der Waals surface area contributed by atoms with Gasteiger partial charge in [0.05, 0.1) is 26.2 Å². The Morgan fingerprint density at radius 2 is 2.00 bits per heavy atom. The van der Waals surface area contributed by atoms with Crippen molar-refractivity contribution in [1.29, 1.82) is 0 Å². The fourth-order valence-electron chi connectivity index (χ4n) is 3.07. The van der Waals surface area contributed by atoms with Gasteiger partial charge in [0.1, 0.15) is 0 Å². The highest BCUT2D eigenvalue weighted by Crippen LogP contribution is 2.16. The molecular weight excluding hydrogens is 366 g/mol. The molecule has 26 heavy (non-hydrogen) atoms. The first-order valence-corrected chi connectivity index (χ1v) is 10.3. The first kappa shape index (κ1) is 19.0. The molecule has 0 unspecified atom stereocenters. The smallest absolute Gasteiger partial charge is 0.204 e. The minimum absolute atomic E-state index is 0.110. The van der Waals surface area contributed by atoms with Crippen molar-refractivity contribution in [2.45, 2.75) is 26.9 Å². The van der Waals surface area contributed by atoms with E-state index in [-0.39, 0.29) is 5.78 Å². The maximum atomic E-state index is 11.4. The fraction of sp³-hybridized carbons (Fsp3) is 0.500. The molecule has 1 fully saturated rings. The molecule has 2 N–H and O–H groups in total. The maximum Gasteiger partial charge on any atom is 0.204 e. The highest BCUT2D eigenvalue weighted by molar-refractivity contribution is 7.73. The molecule has 1 aliphatic rings. The molecule has 0 saturated carbocycles. The van der Waals surface area contributed by atoms with Crippen molar-refractivity contribution >= 4 is 40.2 Å². The van der Waals surface area contributed by atoms with Crippen molar-refractivity contribution in [1.82, 2.24) is 9.78 Å². The summed E-state index contributed by atoms with van der Waals surface area (Å²) < 4.78 is 2.78. The number of nitrogens with one attached hydrogen (secondary N) is 2. The summed E-state index contributed by atoms with van der Waals surface area (Å²) in [7, 11) is 0. The van der Waals surface area contributed by atoms with Crippen molar-refractivity contribution in [3.8, 4) is 0 Å². The van der Waals surface area contributed by atoms with Crippen LogP contribution < -0.4 is 15.1 Å². The summed E-state index contributed by atoms with van der Waals surface area (Å²) >= 11 is 7.00. The Morgan fingerprint density at radius 1 is 1.31 bits per heavy atom. The molecule has 1 aliphatic heterocycles. The Labute approximate surface area is 163 Å². The minimum atomic E-state index is 0.110. The summed E-state index contributed by atoms with van der Waals surface area (Å²) in [6, 6.07) is 7.92. The van der Waals surface area contributed by atoms with Gasteiger partial charge in [-0.3, -0.25) is 4.79 Å². The van der Waals surface area contributed by atoms with Crippen LogP contribution in [0.1, 0.15) is 30.6 Å². The Bertz CT molecular complexity index is 791. The van der Waals surface area contributed by atoms with Crippen LogP contribution in [0.5, 0.6) is 0 Å². The number of Topliss-reactive ketones (excluding diaryl/α,β-unsaturated/α-hetero) is 1. The number of aromatic nitrogens is 2. The zero-order valence-corrected chi connectivity index (χ0v) is 17.0. The number of carbonyl (C=O) groups is 1. The van der Waals surface area contributed by atoms with Crippen molar-refractivity contribution in [3.05, 3.63) is 33.8 Å². The topological polar surface area (TPSA) is 54.6 Å². The highest BCUT2D eigenvalue weighted by Gasteiger charge is 2.21. The van der Waals surface area contributed by atoms with Crippen LogP contribution in [0.4, 0.5) is 10.8 Å². The minimum Gasteiger partial charge on any atom is -0.360 e. The van der Waals surface area contributed by atoms with E-state index < -0.39 is 0 Å². The van der Waals surface area contributed by atoms with E-state index in [4.69, 9.17) is 12.2 Å². The van der Waals surface area contributed by atoms with Crippen LogP contribution in [0, 0.1) is 3.95 Å². The molecule has 140 valence electrons. The van der Waals surface area contributed by atoms with Crippen LogP contribution in [0.2, 0.25) is 0 Å². The summed E-state index contributed by atoms with van der Waals surface area (Å²) in [5, 5.41) is 8.83. The van der Waals surface area contributed by atoms with Gasteiger partial charge in [-0.2, -0.15) is 4.68 Å². The predicted molar refractivity (Wildman–Crippen MR) is 109 cm³/mol. The molecule has 2 heterocycles. The second-order valence-corrected chi connectivity index (χ2v) is 8.22. The zero-order chi connectivity index (χ0) is 18.5. The summed E-state index contributed by atoms with van der Waals surface area (Å²) in [6.45, 7) is 9.57. The summed E-state index contributed by atoms with van der Waals surface area (Å²) in [6.07, 6.45) is 1.08. The van der Waals surface area contributed by atoms with Crippen LogP contribution >= 0.6 is 23.6 Å². The predicted octanol–water partition coefficient (Wildman–Crippen LogP) is 2.06. The molecule has 0 atom stereocenters. The molecule has 0 bridgehead atoms. The molecule has 8 heteroatoms. The normalized spacial score (nSPS) is 15.2. The first-order valence-electron chi connectivity index (χ1n) is 9.08. The van der Waals surface area contributed by atoms with Gasteiger partial charge in [-0.25, -0.2) is 0 Å². The molecule has 1 aromatic carbocycles. The molecular formula is C18H26N5OS2+. The van der Waals surface area contributed by atoms with Crippen LogP contribution in [0.25, 0.3) is 0 Å². The van der Waals surface area contributed by atoms with Crippen molar-refractivity contribution in [2.24, 2.45) is 0 Å². The van der Waals surface area contributed by atoms with Crippen molar-refractivity contribution in [3.63, 3.8) is 0 Å². The van der Waals surface area contributed by atoms with E-state index in [9.17, 15) is 4.79 Å². The Kier molecular flexibility index (Phi) is 6.39. The van der Waals surface area contributed by atoms with E-state index in [0.717, 1.165) is 60.5 Å². The molecule has 0 amide bonds. The van der Waals surface area contributed by atoms with Gasteiger partial charge in [0.25, 0.3) is 0 Å². The quantitative estimate of drug-likeness (QED) is 0.558. The number of nitrogens with zero attached hydrogens (tertiary/aromatic N) is 3. The summed E-state index contributed by atoms with van der Waals surface area (Å²) in [5.41, 5.74) is 1.95. The van der Waals surface area contributed by atoms with Gasteiger partial charge >= 0.3 is 0 Å². The van der Waals surface area contributed by atoms with E-state index in [0.29, 0.717) is 0 Å². The SMILES string of the molecule is CCCNc1nn(C[NH+]2CCN(c3ccc(C(C)=O)cc3)CC2)c(=S)s1. The number of hydrogen-bond acceptors (Lipinski definition) is 6. The van der Waals surface area contributed by atoms with Crippen LogP contribution in [-0.4, -0.2) is 48.3 Å². The van der Waals surface area contributed by atoms with Gasteiger partial charge in [-0.1, -0.05) is 18.3 Å². The molecule has 0 radical (unpaired) electrons. The average Bonchev–Trinajstić information content (AvgIpc) is 3.00. The van der Waals surface area contributed by atoms with E-state index in [1.807, 2.05) is 28.9 Å². The first-order chi connectivity index (χ1) is 12.6. The van der Waals surface area contributed by atoms with Gasteiger partial charge < -0.3 is 15.1 Å². The van der Waals surface area contributed by atoms with Gasteiger partial charge in [0.15, 0.2) is 16.4 Å². The number of anilines is 2. The van der Waals surface area contributed by atoms with Crippen LogP contribution in [-0.2, 0) is 6.67 Å². The van der Waals surface area contributed by atoms with Crippen LogP contribution in [0.15, 0.2) is 24.3 Å². The second kappa shape index (κ2) is 8.75. The molecule has 1 aromatic heterocycles. The number of hydrogen-bond donors (Lipinski definition) is 2. The maximum absolute atomic E-state index is 11.4. The van der Waals surface area contributed by atoms with Gasteiger partial charge in [-0.05, 0) is 49.8 Å². The third-order valence-corrected chi connectivity index (χ3v) is 5.88. The third-order valence-electron chi connectivity index (χ3n) is 4.62. The van der Waals surface area contributed by atoms with E-state index >= 15 is 0 Å². The Balaban J connectivity index is 1.54. The number of rotatable bonds is 7. The average molecular weight is 393 g/mol. The number of quaternary nitrogens is 1. The van der Waals surface area contributed by atoms with E-state index in [1.54, 1.807) is 18.3 Å². The largest absolute Gasteiger partial charge is 0.360 e. The lowest BCUT2D eigenvalue weighted by molar-refractivity contribution is -0.924. The monoisotopic (exact) mass is 392 g/mol. The Morgan fingerprint density at radius 3 is 2.62 bits per heavy atom. The Hall–Kier alpha value is -1.77. The fourth-order valence-corrected chi connectivity index (χ4v) is 4.10. The zero-order valence-electron chi connectivity index (χ0n) is 15.3. The lowest BCUT2D eigenvalue weighted by Gasteiger charge is -2.33. The lowest BCUT2D eigenvalue weighted by atomic mass is 10.1. The molecule has 6 nitrogen and oxygen atoms in total. The van der Waals surface area contributed by atoms with E-state index in [2.05, 4.69) is 22.2 Å². The summed E-state index contributed by atoms with van der Waals surface area (Å²) in [4.78, 5) is 15.3. The molecule has 1 saturated heterocycles. The number of ketones is 1. The molecule has 0 spiro atoms. The second-order valence-electron chi connectivity index (χ2n) is 6.60. The number of carbonyl (C=O) groups excluding carboxylic acids is 1. The number of benzene rings is 1. The molecule has 0 aliphatic carbocycles. The molecule has 2 aromatic rings. The van der Waals surface area contributed by atoms with Crippen LogP contribution in [0.3, 0.4) is 0 Å². The van der Waals surface area contributed by atoms with Crippen molar-refractivity contribution in [2.75, 3.05) is 42.9 Å². The number of piperazine rings is 1. The third kappa shape index (κ3) is 4.69. The van der Waals surface area contributed by atoms with Gasteiger partial charge in [-0.15, -0.1) is 5.10 Å². The lowest BCUT2D eigenvalue weighted by Crippen LogP contribution is -3.14. The van der Waals surface area contributed by atoms with Crippen molar-refractivity contribution < 1.29 is 9.69 Å². The standard InChI is InChI=1S/C18H25N5OS2/c1-3-8-19-17-20-23(18(25)26-17)13-21-9-11-22(12-10-21)16-6-4-15(5-7-16)14(2)24/h4-7H,3,8-13H2,1-2H3,(H,19,20)/p+1. The highest BCUT2D eigenvalue weighted by atomic mass is 32.1. The molecule has 3 rings (SSSR count). The summed E-state index contributed by atoms with van der Waals surface area (Å²) in [5.74, 6) is 0.110.